The van der Waals surface area contributed by atoms with Crippen LogP contribution in [0.2, 0.25) is 0 Å². The number of carbonyl (C=O) groups excluding carboxylic acids is 1. The predicted molar refractivity (Wildman–Crippen MR) is 61.2 cm³/mol. The molecule has 0 saturated carbocycles. The maximum atomic E-state index is 11.5. The fourth-order valence-corrected chi connectivity index (χ4v) is 1.58. The number of rotatable bonds is 4. The number of carboxylic acid groups (broad SMARTS) is 1. The van der Waals surface area contributed by atoms with E-state index in [1.165, 1.54) is 6.92 Å². The van der Waals surface area contributed by atoms with E-state index in [0.29, 0.717) is 11.5 Å². The van der Waals surface area contributed by atoms with Gasteiger partial charge in [-0.15, -0.1) is 0 Å². The van der Waals surface area contributed by atoms with Gasteiger partial charge in [0.05, 0.1) is 0 Å². The standard InChI is InChI=1S/C12H13NO5/c1-7(12(15)16)11(14)13-5-8-3-2-4-9-10(8)18-6-17-9/h2-4,7H,5-6H2,1H3,(H,13,14)(H,15,16). The molecular formula is C12H13NO5. The average molecular weight is 251 g/mol. The normalized spacial score (nSPS) is 14.1. The van der Waals surface area contributed by atoms with Crippen molar-refractivity contribution < 1.29 is 24.2 Å². The number of aliphatic carboxylic acids is 1. The Bertz CT molecular complexity index is 485. The molecular weight excluding hydrogens is 238 g/mol. The van der Waals surface area contributed by atoms with Crippen LogP contribution in [-0.4, -0.2) is 23.8 Å². The van der Waals surface area contributed by atoms with Crippen molar-refractivity contribution in [3.8, 4) is 11.5 Å². The second-order valence-corrected chi connectivity index (χ2v) is 3.93. The molecule has 1 aromatic carbocycles. The third kappa shape index (κ3) is 2.37. The fourth-order valence-electron chi connectivity index (χ4n) is 1.58. The molecule has 1 aliphatic rings. The lowest BCUT2D eigenvalue weighted by Crippen LogP contribution is -2.33. The van der Waals surface area contributed by atoms with E-state index in [2.05, 4.69) is 5.32 Å². The van der Waals surface area contributed by atoms with Gasteiger partial charge in [0.1, 0.15) is 5.92 Å². The van der Waals surface area contributed by atoms with E-state index < -0.39 is 17.8 Å². The van der Waals surface area contributed by atoms with Crippen molar-refractivity contribution in [2.24, 2.45) is 5.92 Å². The van der Waals surface area contributed by atoms with Crippen molar-refractivity contribution in [1.29, 1.82) is 0 Å². The summed E-state index contributed by atoms with van der Waals surface area (Å²) in [6, 6.07) is 5.35. The van der Waals surface area contributed by atoms with Gasteiger partial charge < -0.3 is 19.9 Å². The van der Waals surface area contributed by atoms with E-state index in [1.54, 1.807) is 18.2 Å². The molecule has 2 rings (SSSR count). The number of para-hydroxylation sites is 1. The first-order chi connectivity index (χ1) is 8.59. The molecule has 0 saturated heterocycles. The maximum Gasteiger partial charge on any atom is 0.315 e. The summed E-state index contributed by atoms with van der Waals surface area (Å²) in [4.78, 5) is 22.1. The minimum Gasteiger partial charge on any atom is -0.481 e. The van der Waals surface area contributed by atoms with Crippen LogP contribution in [0.1, 0.15) is 12.5 Å². The maximum absolute atomic E-state index is 11.5. The van der Waals surface area contributed by atoms with Crippen LogP contribution in [-0.2, 0) is 16.1 Å². The largest absolute Gasteiger partial charge is 0.481 e. The number of fused-ring (bicyclic) bond motifs is 1. The Balaban J connectivity index is 2.01. The van der Waals surface area contributed by atoms with Crippen LogP contribution >= 0.6 is 0 Å². The van der Waals surface area contributed by atoms with Crippen LogP contribution in [0.15, 0.2) is 18.2 Å². The zero-order valence-corrected chi connectivity index (χ0v) is 9.80. The van der Waals surface area contributed by atoms with Crippen molar-refractivity contribution in [3.63, 3.8) is 0 Å². The van der Waals surface area contributed by atoms with Gasteiger partial charge in [0.2, 0.25) is 12.7 Å². The molecule has 1 heterocycles. The van der Waals surface area contributed by atoms with Gasteiger partial charge in [0, 0.05) is 12.1 Å². The number of benzene rings is 1. The minimum absolute atomic E-state index is 0.159. The zero-order valence-electron chi connectivity index (χ0n) is 9.80. The zero-order chi connectivity index (χ0) is 13.1. The number of ether oxygens (including phenoxy) is 2. The number of hydrogen-bond donors (Lipinski definition) is 2. The minimum atomic E-state index is -1.15. The number of hydrogen-bond acceptors (Lipinski definition) is 4. The summed E-state index contributed by atoms with van der Waals surface area (Å²) in [5.41, 5.74) is 0.760. The highest BCUT2D eigenvalue weighted by molar-refractivity contribution is 5.96. The van der Waals surface area contributed by atoms with Gasteiger partial charge >= 0.3 is 5.97 Å². The highest BCUT2D eigenvalue weighted by atomic mass is 16.7. The van der Waals surface area contributed by atoms with Gasteiger partial charge in [-0.3, -0.25) is 9.59 Å². The summed E-state index contributed by atoms with van der Waals surface area (Å²) < 4.78 is 10.5. The SMILES string of the molecule is CC(C(=O)O)C(=O)NCc1cccc2c1OCO2. The van der Waals surface area contributed by atoms with E-state index in [1.807, 2.05) is 0 Å². The van der Waals surface area contributed by atoms with Gasteiger partial charge in [-0.2, -0.15) is 0 Å². The van der Waals surface area contributed by atoms with Gasteiger partial charge in [0.15, 0.2) is 11.5 Å². The van der Waals surface area contributed by atoms with Gasteiger partial charge in [-0.25, -0.2) is 0 Å². The number of nitrogens with one attached hydrogen (secondary N) is 1. The summed E-state index contributed by atoms with van der Waals surface area (Å²) in [6.45, 7) is 1.71. The highest BCUT2D eigenvalue weighted by Gasteiger charge is 2.22. The van der Waals surface area contributed by atoms with Gasteiger partial charge in [-0.1, -0.05) is 12.1 Å². The predicted octanol–water partition coefficient (Wildman–Crippen LogP) is 0.752. The average Bonchev–Trinajstić information content (AvgIpc) is 2.83. The first-order valence-corrected chi connectivity index (χ1v) is 5.47. The molecule has 0 spiro atoms. The topological polar surface area (TPSA) is 84.9 Å². The molecule has 0 fully saturated rings. The Morgan fingerprint density at radius 3 is 2.94 bits per heavy atom. The first kappa shape index (κ1) is 12.2. The molecule has 18 heavy (non-hydrogen) atoms. The molecule has 1 atom stereocenters. The molecule has 0 bridgehead atoms. The fraction of sp³-hybridized carbons (Fsp3) is 0.333. The lowest BCUT2D eigenvalue weighted by molar-refractivity contribution is -0.146. The second kappa shape index (κ2) is 4.95. The lowest BCUT2D eigenvalue weighted by atomic mass is 10.1. The van der Waals surface area contributed by atoms with E-state index >= 15 is 0 Å². The lowest BCUT2D eigenvalue weighted by Gasteiger charge is -2.09. The number of amides is 1. The summed E-state index contributed by atoms with van der Waals surface area (Å²) in [6.07, 6.45) is 0. The van der Waals surface area contributed by atoms with Crippen LogP contribution in [0.5, 0.6) is 11.5 Å². The van der Waals surface area contributed by atoms with Crippen LogP contribution in [0.4, 0.5) is 0 Å². The Morgan fingerprint density at radius 1 is 1.44 bits per heavy atom. The summed E-state index contributed by atoms with van der Waals surface area (Å²) in [5.74, 6) is -1.52. The van der Waals surface area contributed by atoms with Gasteiger partial charge in [0.25, 0.3) is 0 Å². The van der Waals surface area contributed by atoms with Crippen LogP contribution in [0.25, 0.3) is 0 Å². The van der Waals surface area contributed by atoms with Crippen LogP contribution in [0.3, 0.4) is 0 Å². The summed E-state index contributed by atoms with van der Waals surface area (Å²) in [5, 5.41) is 11.3. The first-order valence-electron chi connectivity index (χ1n) is 5.47. The Kier molecular flexibility index (Phi) is 3.36. The van der Waals surface area contributed by atoms with Crippen LogP contribution in [0, 0.1) is 5.92 Å². The van der Waals surface area contributed by atoms with Gasteiger partial charge in [-0.05, 0) is 13.0 Å². The smallest absolute Gasteiger partial charge is 0.315 e. The molecule has 0 aliphatic carbocycles. The molecule has 6 nitrogen and oxygen atoms in total. The molecule has 6 heteroatoms. The quantitative estimate of drug-likeness (QED) is 0.771. The van der Waals surface area contributed by atoms with Crippen molar-refractivity contribution >= 4 is 11.9 Å². The molecule has 1 unspecified atom stereocenters. The van der Waals surface area contributed by atoms with Crippen molar-refractivity contribution in [2.45, 2.75) is 13.5 Å². The van der Waals surface area contributed by atoms with Crippen LogP contribution < -0.4 is 14.8 Å². The number of carbonyl (C=O) groups is 2. The molecule has 1 amide bonds. The Hall–Kier alpha value is -2.24. The van der Waals surface area contributed by atoms with Crippen molar-refractivity contribution in [1.82, 2.24) is 5.32 Å². The molecule has 0 aromatic heterocycles. The summed E-state index contributed by atoms with van der Waals surface area (Å²) in [7, 11) is 0. The second-order valence-electron chi connectivity index (χ2n) is 3.93. The summed E-state index contributed by atoms with van der Waals surface area (Å²) >= 11 is 0. The monoisotopic (exact) mass is 251 g/mol. The van der Waals surface area contributed by atoms with E-state index in [9.17, 15) is 9.59 Å². The molecule has 96 valence electrons. The third-order valence-corrected chi connectivity index (χ3v) is 2.69. The third-order valence-electron chi connectivity index (χ3n) is 2.69. The molecule has 0 radical (unpaired) electrons. The van der Waals surface area contributed by atoms with E-state index in [-0.39, 0.29) is 13.3 Å². The molecule has 1 aliphatic heterocycles. The van der Waals surface area contributed by atoms with E-state index in [0.717, 1.165) is 5.56 Å². The molecule has 2 N–H and O–H groups in total. The Labute approximate surface area is 104 Å². The molecule has 1 aromatic rings. The Morgan fingerprint density at radius 2 is 2.22 bits per heavy atom. The van der Waals surface area contributed by atoms with Crippen molar-refractivity contribution in [3.05, 3.63) is 23.8 Å². The van der Waals surface area contributed by atoms with E-state index in [4.69, 9.17) is 14.6 Å². The van der Waals surface area contributed by atoms with Crippen molar-refractivity contribution in [2.75, 3.05) is 6.79 Å². The highest BCUT2D eigenvalue weighted by Crippen LogP contribution is 2.35. The number of carboxylic acids is 1.